The van der Waals surface area contributed by atoms with E-state index in [1.54, 1.807) is 0 Å². The van der Waals surface area contributed by atoms with Crippen LogP contribution in [-0.2, 0) is 4.79 Å². The number of para-hydroxylation sites is 1. The Bertz CT molecular complexity index is 865. The zero-order chi connectivity index (χ0) is 18.8. The number of fused-ring (bicyclic) bond motifs is 1. The number of aryl methyl sites for hydroxylation is 1. The second-order valence-electron chi connectivity index (χ2n) is 6.96. The first-order valence-electron chi connectivity index (χ1n) is 9.38. The van der Waals surface area contributed by atoms with Crippen LogP contribution in [-0.4, -0.2) is 19.1 Å². The maximum atomic E-state index is 12.9. The third kappa shape index (κ3) is 3.14. The van der Waals surface area contributed by atoms with Gasteiger partial charge < -0.3 is 9.64 Å². The van der Waals surface area contributed by atoms with Crippen molar-refractivity contribution < 1.29 is 9.53 Å². The van der Waals surface area contributed by atoms with Gasteiger partial charge in [0.1, 0.15) is 5.75 Å². The Labute approximate surface area is 156 Å². The van der Waals surface area contributed by atoms with Crippen LogP contribution in [0, 0.1) is 6.92 Å². The molecular formula is C23H27NO2. The molecule has 1 heterocycles. The van der Waals surface area contributed by atoms with Gasteiger partial charge in [0.2, 0.25) is 0 Å². The van der Waals surface area contributed by atoms with Gasteiger partial charge in [0.05, 0.1) is 12.3 Å². The minimum atomic E-state index is 0.0769. The Balaban J connectivity index is 2.13. The summed E-state index contributed by atoms with van der Waals surface area (Å²) in [6.45, 7) is 11.7. The molecule has 0 N–H and O–H groups in total. The minimum Gasteiger partial charge on any atom is -0.494 e. The summed E-state index contributed by atoms with van der Waals surface area (Å²) in [7, 11) is 0. The standard InChI is InChI=1S/C23H27NO2/c1-6-24-21-11-9-8-10-18(21)20(23(24)25)14-17-13-19(15(3)4)22(26-7-2)12-16(17)5/h8-15H,6-7H2,1-5H3/b20-14-. The Hall–Kier alpha value is -2.55. The number of hydrogen-bond donors (Lipinski definition) is 0. The highest BCUT2D eigenvalue weighted by atomic mass is 16.5. The Morgan fingerprint density at radius 2 is 1.88 bits per heavy atom. The fourth-order valence-electron chi connectivity index (χ4n) is 3.52. The summed E-state index contributed by atoms with van der Waals surface area (Å²) in [5.41, 5.74) is 6.15. The van der Waals surface area contributed by atoms with Crippen molar-refractivity contribution in [3.05, 3.63) is 58.7 Å². The van der Waals surface area contributed by atoms with Crippen molar-refractivity contribution in [1.29, 1.82) is 0 Å². The monoisotopic (exact) mass is 349 g/mol. The second kappa shape index (κ2) is 7.36. The third-order valence-corrected chi connectivity index (χ3v) is 4.90. The van der Waals surface area contributed by atoms with Crippen LogP contribution in [0.2, 0.25) is 0 Å². The SMILES string of the molecule is CCOc1cc(C)c(/C=C2\C(=O)N(CC)c3ccccc32)cc1C(C)C. The molecule has 0 spiro atoms. The van der Waals surface area contributed by atoms with Crippen LogP contribution in [0.3, 0.4) is 0 Å². The third-order valence-electron chi connectivity index (χ3n) is 4.90. The molecule has 3 nitrogen and oxygen atoms in total. The summed E-state index contributed by atoms with van der Waals surface area (Å²) >= 11 is 0. The molecule has 2 aromatic carbocycles. The number of carbonyl (C=O) groups excluding carboxylic acids is 1. The summed E-state index contributed by atoms with van der Waals surface area (Å²) < 4.78 is 5.82. The van der Waals surface area contributed by atoms with Gasteiger partial charge in [-0.1, -0.05) is 32.0 Å². The van der Waals surface area contributed by atoms with Gasteiger partial charge in [0, 0.05) is 17.7 Å². The fraction of sp³-hybridized carbons (Fsp3) is 0.348. The van der Waals surface area contributed by atoms with Gasteiger partial charge >= 0.3 is 0 Å². The van der Waals surface area contributed by atoms with Crippen LogP contribution in [0.25, 0.3) is 11.6 Å². The van der Waals surface area contributed by atoms with E-state index in [1.165, 1.54) is 5.56 Å². The first kappa shape index (κ1) is 18.2. The van der Waals surface area contributed by atoms with Gasteiger partial charge in [0.25, 0.3) is 5.91 Å². The lowest BCUT2D eigenvalue weighted by Crippen LogP contribution is -2.25. The lowest BCUT2D eigenvalue weighted by atomic mass is 9.94. The van der Waals surface area contributed by atoms with Gasteiger partial charge in [0.15, 0.2) is 0 Å². The Morgan fingerprint density at radius 1 is 1.15 bits per heavy atom. The molecule has 1 aliphatic heterocycles. The molecule has 3 rings (SSSR count). The predicted octanol–water partition coefficient (Wildman–Crippen LogP) is 5.42. The molecule has 0 unspecified atom stereocenters. The summed E-state index contributed by atoms with van der Waals surface area (Å²) in [6.07, 6.45) is 2.04. The average Bonchev–Trinajstić information content (AvgIpc) is 2.88. The molecule has 0 aromatic heterocycles. The molecular weight excluding hydrogens is 322 g/mol. The predicted molar refractivity (Wildman–Crippen MR) is 109 cm³/mol. The summed E-state index contributed by atoms with van der Waals surface area (Å²) in [6, 6.07) is 12.3. The van der Waals surface area contributed by atoms with Gasteiger partial charge in [-0.2, -0.15) is 0 Å². The molecule has 1 amide bonds. The van der Waals surface area contributed by atoms with E-state index in [1.807, 2.05) is 49.1 Å². The minimum absolute atomic E-state index is 0.0769. The van der Waals surface area contributed by atoms with Crippen LogP contribution in [0.15, 0.2) is 36.4 Å². The van der Waals surface area contributed by atoms with E-state index >= 15 is 0 Å². The molecule has 3 heteroatoms. The molecule has 0 fully saturated rings. The molecule has 2 aromatic rings. The highest BCUT2D eigenvalue weighted by Gasteiger charge is 2.30. The molecule has 0 aliphatic carbocycles. The lowest BCUT2D eigenvalue weighted by molar-refractivity contribution is -0.112. The number of nitrogens with zero attached hydrogens (tertiary/aromatic N) is 1. The number of hydrogen-bond acceptors (Lipinski definition) is 2. The number of rotatable bonds is 5. The quantitative estimate of drug-likeness (QED) is 0.674. The van der Waals surface area contributed by atoms with Crippen LogP contribution >= 0.6 is 0 Å². The number of anilines is 1. The van der Waals surface area contributed by atoms with Gasteiger partial charge in [-0.3, -0.25) is 4.79 Å². The highest BCUT2D eigenvalue weighted by molar-refractivity contribution is 6.35. The van der Waals surface area contributed by atoms with Crippen LogP contribution < -0.4 is 9.64 Å². The maximum absolute atomic E-state index is 12.9. The first-order chi connectivity index (χ1) is 12.5. The van der Waals surface area contributed by atoms with Gasteiger partial charge in [-0.15, -0.1) is 0 Å². The van der Waals surface area contributed by atoms with Gasteiger partial charge in [-0.05, 0) is 67.7 Å². The van der Waals surface area contributed by atoms with E-state index in [4.69, 9.17) is 4.74 Å². The van der Waals surface area contributed by atoms with Crippen molar-refractivity contribution in [2.45, 2.75) is 40.5 Å². The summed E-state index contributed by atoms with van der Waals surface area (Å²) in [5, 5.41) is 0. The van der Waals surface area contributed by atoms with Crippen molar-refractivity contribution >= 4 is 23.2 Å². The number of ether oxygens (including phenoxy) is 1. The molecule has 0 saturated heterocycles. The molecule has 1 aliphatic rings. The largest absolute Gasteiger partial charge is 0.494 e. The maximum Gasteiger partial charge on any atom is 0.258 e. The Kier molecular flexibility index (Phi) is 5.17. The number of amides is 1. The van der Waals surface area contributed by atoms with Crippen molar-refractivity contribution in [2.75, 3.05) is 18.1 Å². The molecule has 0 atom stereocenters. The van der Waals surface area contributed by atoms with E-state index in [9.17, 15) is 4.79 Å². The fourth-order valence-corrected chi connectivity index (χ4v) is 3.52. The van der Waals surface area contributed by atoms with Crippen LogP contribution in [0.4, 0.5) is 5.69 Å². The van der Waals surface area contributed by atoms with Crippen molar-refractivity contribution in [2.24, 2.45) is 0 Å². The molecule has 26 heavy (non-hydrogen) atoms. The van der Waals surface area contributed by atoms with E-state index in [-0.39, 0.29) is 5.91 Å². The molecule has 0 saturated carbocycles. The van der Waals surface area contributed by atoms with Crippen LogP contribution in [0.1, 0.15) is 55.9 Å². The topological polar surface area (TPSA) is 29.5 Å². The van der Waals surface area contributed by atoms with Crippen LogP contribution in [0.5, 0.6) is 5.75 Å². The zero-order valence-electron chi connectivity index (χ0n) is 16.3. The lowest BCUT2D eigenvalue weighted by Gasteiger charge is -2.16. The molecule has 136 valence electrons. The normalized spacial score (nSPS) is 15.1. The number of likely N-dealkylation sites (N-methyl/N-ethyl adjacent to an activating group) is 1. The van der Waals surface area contributed by atoms with Crippen molar-refractivity contribution in [3.8, 4) is 5.75 Å². The van der Waals surface area contributed by atoms with Gasteiger partial charge in [-0.25, -0.2) is 0 Å². The van der Waals surface area contributed by atoms with E-state index in [0.717, 1.165) is 33.7 Å². The zero-order valence-corrected chi connectivity index (χ0v) is 16.3. The molecule has 0 bridgehead atoms. The molecule has 0 radical (unpaired) electrons. The second-order valence-corrected chi connectivity index (χ2v) is 6.96. The summed E-state index contributed by atoms with van der Waals surface area (Å²) in [4.78, 5) is 14.8. The van der Waals surface area contributed by atoms with Crippen molar-refractivity contribution in [1.82, 2.24) is 0 Å². The van der Waals surface area contributed by atoms with E-state index in [0.29, 0.717) is 19.1 Å². The number of carbonyl (C=O) groups is 1. The average molecular weight is 349 g/mol. The first-order valence-corrected chi connectivity index (χ1v) is 9.38. The summed E-state index contributed by atoms with van der Waals surface area (Å²) in [5.74, 6) is 1.37. The highest BCUT2D eigenvalue weighted by Crippen LogP contribution is 2.38. The Morgan fingerprint density at radius 3 is 2.54 bits per heavy atom. The van der Waals surface area contributed by atoms with Crippen molar-refractivity contribution in [3.63, 3.8) is 0 Å². The number of benzene rings is 2. The van der Waals surface area contributed by atoms with E-state index in [2.05, 4.69) is 32.9 Å². The smallest absolute Gasteiger partial charge is 0.258 e. The van der Waals surface area contributed by atoms with E-state index < -0.39 is 0 Å².